The average Bonchev–Trinajstić information content (AvgIpc) is 2.77. The third kappa shape index (κ3) is 9.19. The van der Waals surface area contributed by atoms with E-state index in [9.17, 15) is 0 Å². The smallest absolute Gasteiger partial charge is 0.119 e. The molecule has 2 aromatic carbocycles. The van der Waals surface area contributed by atoms with E-state index in [1.807, 2.05) is 18.2 Å². The largest absolute Gasteiger partial charge is 0.497 e. The van der Waals surface area contributed by atoms with Gasteiger partial charge >= 0.3 is 0 Å². The first-order valence-corrected chi connectivity index (χ1v) is 11.0. The Morgan fingerprint density at radius 1 is 0.759 bits per heavy atom. The minimum absolute atomic E-state index is 0.772. The van der Waals surface area contributed by atoms with Crippen LogP contribution in [-0.2, 0) is 0 Å². The highest BCUT2D eigenvalue weighted by Gasteiger charge is 2.04. The van der Waals surface area contributed by atoms with Gasteiger partial charge in [-0.2, -0.15) is 0 Å². The molecule has 0 aliphatic rings. The zero-order valence-corrected chi connectivity index (χ0v) is 18.4. The van der Waals surface area contributed by atoms with Gasteiger partial charge < -0.3 is 14.4 Å². The maximum Gasteiger partial charge on any atom is 0.119 e. The Bertz CT molecular complexity index is 701. The van der Waals surface area contributed by atoms with Gasteiger partial charge in [-0.3, -0.25) is 0 Å². The van der Waals surface area contributed by atoms with Crippen LogP contribution in [0, 0.1) is 0 Å². The molecule has 2 aromatic rings. The van der Waals surface area contributed by atoms with Gasteiger partial charge in [0, 0.05) is 6.54 Å². The number of ether oxygens (including phenoxy) is 2. The van der Waals surface area contributed by atoms with Gasteiger partial charge in [-0.15, -0.1) is 0 Å². The molecule has 0 spiro atoms. The van der Waals surface area contributed by atoms with Gasteiger partial charge in [0.2, 0.25) is 0 Å². The molecule has 3 nitrogen and oxygen atoms in total. The fraction of sp³-hybridized carbons (Fsp3) is 0.462. The quantitative estimate of drug-likeness (QED) is 0.268. The van der Waals surface area contributed by atoms with E-state index in [-0.39, 0.29) is 0 Å². The van der Waals surface area contributed by atoms with Crippen LogP contribution in [0.1, 0.15) is 57.1 Å². The fourth-order valence-electron chi connectivity index (χ4n) is 3.19. The number of rotatable bonds is 14. The molecule has 29 heavy (non-hydrogen) atoms. The van der Waals surface area contributed by atoms with Gasteiger partial charge in [0.05, 0.1) is 13.7 Å². The first kappa shape index (κ1) is 23.0. The van der Waals surface area contributed by atoms with Crippen LogP contribution in [0.4, 0.5) is 0 Å². The van der Waals surface area contributed by atoms with Gasteiger partial charge in [-0.05, 0) is 67.7 Å². The highest BCUT2D eigenvalue weighted by atomic mass is 16.5. The van der Waals surface area contributed by atoms with E-state index in [0.29, 0.717) is 0 Å². The average molecular weight is 396 g/mol. The zero-order valence-electron chi connectivity index (χ0n) is 18.4. The lowest BCUT2D eigenvalue weighted by Gasteiger charge is -2.21. The van der Waals surface area contributed by atoms with Crippen LogP contribution in [0.5, 0.6) is 11.5 Å². The summed E-state index contributed by atoms with van der Waals surface area (Å²) < 4.78 is 11.2. The fourth-order valence-corrected chi connectivity index (χ4v) is 3.19. The molecule has 0 amide bonds. The zero-order chi connectivity index (χ0) is 20.7. The summed E-state index contributed by atoms with van der Waals surface area (Å²) in [5.74, 6) is 1.82. The van der Waals surface area contributed by atoms with E-state index in [1.165, 1.54) is 38.8 Å². The Morgan fingerprint density at radius 2 is 1.41 bits per heavy atom. The molecular formula is C26H37NO2. The van der Waals surface area contributed by atoms with E-state index in [0.717, 1.165) is 42.2 Å². The molecule has 0 aliphatic heterocycles. The molecule has 0 N–H and O–H groups in total. The van der Waals surface area contributed by atoms with Gasteiger partial charge in [0.25, 0.3) is 0 Å². The van der Waals surface area contributed by atoms with E-state index in [1.54, 1.807) is 7.11 Å². The van der Waals surface area contributed by atoms with Gasteiger partial charge in [-0.1, -0.05) is 63.1 Å². The molecule has 0 radical (unpaired) electrons. The van der Waals surface area contributed by atoms with Crippen LogP contribution in [0.2, 0.25) is 0 Å². The molecule has 0 heterocycles. The van der Waals surface area contributed by atoms with Gasteiger partial charge in [0.1, 0.15) is 11.5 Å². The molecule has 0 atom stereocenters. The summed E-state index contributed by atoms with van der Waals surface area (Å²) in [6.07, 6.45) is 10.4. The lowest BCUT2D eigenvalue weighted by molar-refractivity contribution is 0.229. The van der Waals surface area contributed by atoms with Gasteiger partial charge in [-0.25, -0.2) is 0 Å². The monoisotopic (exact) mass is 395 g/mol. The molecule has 0 aromatic heterocycles. The highest BCUT2D eigenvalue weighted by Crippen LogP contribution is 2.17. The standard InChI is InChI=1S/C26H37NO2/c1-4-6-18-27(19-7-5-2)20-9-21-29-25-16-14-23(15-17-25)12-13-24-10-8-11-26(22-24)28-3/h8,10-17,22H,4-7,9,18-21H2,1-3H3/b13-12+. The number of benzene rings is 2. The van der Waals surface area contributed by atoms with Crippen molar-refractivity contribution in [3.63, 3.8) is 0 Å². The van der Waals surface area contributed by atoms with Crippen LogP contribution < -0.4 is 9.47 Å². The minimum Gasteiger partial charge on any atom is -0.497 e. The van der Waals surface area contributed by atoms with Crippen molar-refractivity contribution in [2.45, 2.75) is 46.0 Å². The number of hydrogen-bond acceptors (Lipinski definition) is 3. The third-order valence-corrected chi connectivity index (χ3v) is 4.99. The summed E-state index contributed by atoms with van der Waals surface area (Å²) >= 11 is 0. The van der Waals surface area contributed by atoms with Crippen molar-refractivity contribution in [2.24, 2.45) is 0 Å². The summed E-state index contributed by atoms with van der Waals surface area (Å²) in [7, 11) is 1.69. The first-order valence-electron chi connectivity index (χ1n) is 11.0. The Kier molecular flexibility index (Phi) is 11.0. The summed E-state index contributed by atoms with van der Waals surface area (Å²) in [4.78, 5) is 2.59. The van der Waals surface area contributed by atoms with Crippen LogP contribution in [0.3, 0.4) is 0 Å². The van der Waals surface area contributed by atoms with Crippen molar-refractivity contribution in [3.8, 4) is 11.5 Å². The van der Waals surface area contributed by atoms with Crippen molar-refractivity contribution in [1.29, 1.82) is 0 Å². The highest BCUT2D eigenvalue weighted by molar-refractivity contribution is 5.70. The number of nitrogens with zero attached hydrogens (tertiary/aromatic N) is 1. The van der Waals surface area contributed by atoms with Crippen molar-refractivity contribution in [1.82, 2.24) is 4.90 Å². The van der Waals surface area contributed by atoms with Crippen molar-refractivity contribution >= 4 is 12.2 Å². The second-order valence-corrected chi connectivity index (χ2v) is 7.43. The number of methoxy groups -OCH3 is 1. The molecule has 0 fully saturated rings. The van der Waals surface area contributed by atoms with E-state index < -0.39 is 0 Å². The van der Waals surface area contributed by atoms with Gasteiger partial charge in [0.15, 0.2) is 0 Å². The first-order chi connectivity index (χ1) is 14.2. The predicted molar refractivity (Wildman–Crippen MR) is 125 cm³/mol. The second-order valence-electron chi connectivity index (χ2n) is 7.43. The maximum absolute atomic E-state index is 5.95. The Labute approximate surface area is 177 Å². The molecule has 0 unspecified atom stereocenters. The van der Waals surface area contributed by atoms with E-state index in [2.05, 4.69) is 61.2 Å². The maximum atomic E-state index is 5.95. The number of unbranched alkanes of at least 4 members (excludes halogenated alkanes) is 2. The van der Waals surface area contributed by atoms with Crippen molar-refractivity contribution < 1.29 is 9.47 Å². The van der Waals surface area contributed by atoms with Crippen LogP contribution >= 0.6 is 0 Å². The lowest BCUT2D eigenvalue weighted by atomic mass is 10.1. The molecule has 158 valence electrons. The molecule has 0 saturated carbocycles. The molecular weight excluding hydrogens is 358 g/mol. The number of hydrogen-bond donors (Lipinski definition) is 0. The molecule has 0 aliphatic carbocycles. The van der Waals surface area contributed by atoms with Crippen molar-refractivity contribution in [2.75, 3.05) is 33.4 Å². The molecule has 0 bridgehead atoms. The lowest BCUT2D eigenvalue weighted by Crippen LogP contribution is -2.28. The summed E-state index contributed by atoms with van der Waals surface area (Å²) in [5.41, 5.74) is 2.28. The predicted octanol–water partition coefficient (Wildman–Crippen LogP) is 6.54. The van der Waals surface area contributed by atoms with Crippen molar-refractivity contribution in [3.05, 3.63) is 59.7 Å². The molecule has 0 saturated heterocycles. The van der Waals surface area contributed by atoms with Crippen LogP contribution in [0.25, 0.3) is 12.2 Å². The summed E-state index contributed by atoms with van der Waals surface area (Å²) in [6.45, 7) is 8.85. The SMILES string of the molecule is CCCCN(CCCC)CCCOc1ccc(/C=C/c2cccc(OC)c2)cc1. The third-order valence-electron chi connectivity index (χ3n) is 4.99. The van der Waals surface area contributed by atoms with E-state index >= 15 is 0 Å². The Morgan fingerprint density at radius 3 is 2.07 bits per heavy atom. The second kappa shape index (κ2) is 13.8. The summed E-state index contributed by atoms with van der Waals surface area (Å²) in [5, 5.41) is 0. The Hall–Kier alpha value is -2.26. The minimum atomic E-state index is 0.772. The van der Waals surface area contributed by atoms with Crippen LogP contribution in [0.15, 0.2) is 48.5 Å². The molecule has 3 heteroatoms. The Balaban J connectivity index is 1.76. The topological polar surface area (TPSA) is 21.7 Å². The summed E-state index contributed by atoms with van der Waals surface area (Å²) in [6, 6.07) is 16.4. The van der Waals surface area contributed by atoms with Crippen LogP contribution in [-0.4, -0.2) is 38.3 Å². The normalized spacial score (nSPS) is 11.3. The molecule has 2 rings (SSSR count). The van der Waals surface area contributed by atoms with E-state index in [4.69, 9.17) is 9.47 Å².